The second-order valence-electron chi connectivity index (χ2n) is 16.8. The molecular formula is C39H63NO11. The number of ether oxygens (including phenoxy) is 7. The van der Waals surface area contributed by atoms with Crippen molar-refractivity contribution in [2.45, 2.75) is 194 Å². The summed E-state index contributed by atoms with van der Waals surface area (Å²) in [6.07, 6.45) is 2.78. The van der Waals surface area contributed by atoms with Crippen LogP contribution in [-0.2, 0) is 33.2 Å². The Hall–Kier alpha value is -1.00. The molecule has 0 aromatic carbocycles. The summed E-state index contributed by atoms with van der Waals surface area (Å²) in [4.78, 5) is 0. The SMILES string of the molecule is C=C1CCCC2CC(C)C(=C)C(CC3OC(C(O)CN)C(OC)C3CC(O)CC(O)CCC3CC4OC5(CCC(O)C1)CC1OC4C(O3)C1O5)O2. The molecule has 0 saturated carbocycles. The molecule has 8 aliphatic heterocycles. The van der Waals surface area contributed by atoms with Gasteiger partial charge in [0, 0.05) is 45.3 Å². The number of fused-ring (bicyclic) bond motifs is 4. The summed E-state index contributed by atoms with van der Waals surface area (Å²) < 4.78 is 45.4. The predicted molar refractivity (Wildman–Crippen MR) is 187 cm³/mol. The zero-order valence-electron chi connectivity index (χ0n) is 30.6. The van der Waals surface area contributed by atoms with Crippen molar-refractivity contribution in [1.29, 1.82) is 0 Å². The van der Waals surface area contributed by atoms with Gasteiger partial charge in [-0.25, -0.2) is 0 Å². The van der Waals surface area contributed by atoms with Gasteiger partial charge in [-0.3, -0.25) is 0 Å². The van der Waals surface area contributed by atoms with Gasteiger partial charge in [-0.15, -0.1) is 0 Å². The van der Waals surface area contributed by atoms with E-state index in [4.69, 9.17) is 38.9 Å². The Balaban J connectivity index is 1.08. The Kier molecular flexibility index (Phi) is 12.0. The first-order valence-electron chi connectivity index (χ1n) is 19.7. The van der Waals surface area contributed by atoms with E-state index in [2.05, 4.69) is 20.1 Å². The van der Waals surface area contributed by atoms with Crippen LogP contribution >= 0.6 is 0 Å². The summed E-state index contributed by atoms with van der Waals surface area (Å²) >= 11 is 0. The maximum absolute atomic E-state index is 11.4. The minimum absolute atomic E-state index is 0.0245. The predicted octanol–water partition coefficient (Wildman–Crippen LogP) is 2.81. The minimum atomic E-state index is -0.922. The van der Waals surface area contributed by atoms with Gasteiger partial charge in [-0.05, 0) is 75.7 Å². The third-order valence-corrected chi connectivity index (χ3v) is 13.1. The lowest BCUT2D eigenvalue weighted by Crippen LogP contribution is -2.49. The van der Waals surface area contributed by atoms with E-state index in [0.29, 0.717) is 57.8 Å². The molecule has 12 nitrogen and oxygen atoms in total. The van der Waals surface area contributed by atoms with E-state index < -0.39 is 42.4 Å². The van der Waals surface area contributed by atoms with E-state index in [9.17, 15) is 20.4 Å². The van der Waals surface area contributed by atoms with Crippen LogP contribution in [-0.4, -0.2) is 131 Å². The highest BCUT2D eigenvalue weighted by Crippen LogP contribution is 2.53. The molecule has 0 amide bonds. The molecule has 8 aliphatic rings. The van der Waals surface area contributed by atoms with Gasteiger partial charge >= 0.3 is 0 Å². The number of methoxy groups -OCH3 is 1. The van der Waals surface area contributed by atoms with Crippen LogP contribution < -0.4 is 5.73 Å². The second-order valence-corrected chi connectivity index (χ2v) is 16.8. The first kappa shape index (κ1) is 38.3. The highest BCUT2D eigenvalue weighted by molar-refractivity contribution is 5.13. The standard InChI is InChI=1S/C39H63NO11/c1-20-6-5-7-26-13-21(2)22(3)30(46-26)17-31-28(34(45-4)35(48-31)29(44)19-40)15-25(43)14-23(41)8-9-27-16-32-36-38(47-27)37-33(49-36)18-39(50-32,51-37)11-10-24(42)12-20/h21,23-38,41-44H,1,3,5-19,40H2,2,4H3. The molecule has 8 rings (SSSR count). The Morgan fingerprint density at radius 3 is 2.41 bits per heavy atom. The van der Waals surface area contributed by atoms with Crippen molar-refractivity contribution in [3.8, 4) is 0 Å². The van der Waals surface area contributed by atoms with E-state index in [1.165, 1.54) is 0 Å². The van der Waals surface area contributed by atoms with Crippen molar-refractivity contribution in [2.75, 3.05) is 13.7 Å². The third kappa shape index (κ3) is 8.18. The Labute approximate surface area is 302 Å². The molecule has 51 heavy (non-hydrogen) atoms. The topological polar surface area (TPSA) is 172 Å². The van der Waals surface area contributed by atoms with Crippen LogP contribution in [0.3, 0.4) is 0 Å². The zero-order valence-corrected chi connectivity index (χ0v) is 30.6. The number of hydrogen-bond acceptors (Lipinski definition) is 12. The minimum Gasteiger partial charge on any atom is -0.393 e. The Bertz CT molecular complexity index is 1220. The summed E-state index contributed by atoms with van der Waals surface area (Å²) in [5.74, 6) is -0.785. The molecule has 18 unspecified atom stereocenters. The van der Waals surface area contributed by atoms with E-state index in [-0.39, 0.29) is 79.7 Å². The van der Waals surface area contributed by atoms with Crippen molar-refractivity contribution in [3.63, 3.8) is 0 Å². The number of nitrogens with two attached hydrogens (primary N) is 1. The molecule has 1 spiro atoms. The monoisotopic (exact) mass is 721 g/mol. The largest absolute Gasteiger partial charge is 0.393 e. The lowest BCUT2D eigenvalue weighted by Gasteiger charge is -2.38. The van der Waals surface area contributed by atoms with Crippen molar-refractivity contribution in [3.05, 3.63) is 24.3 Å². The Morgan fingerprint density at radius 2 is 1.63 bits per heavy atom. The summed E-state index contributed by atoms with van der Waals surface area (Å²) in [5.41, 5.74) is 7.93. The van der Waals surface area contributed by atoms with Gasteiger partial charge in [0.2, 0.25) is 0 Å². The molecule has 0 aromatic rings. The van der Waals surface area contributed by atoms with Gasteiger partial charge in [0.15, 0.2) is 5.79 Å². The molecule has 12 heteroatoms. The number of rotatable bonds is 3. The number of aliphatic hydroxyl groups excluding tert-OH is 4. The molecular weight excluding hydrogens is 658 g/mol. The van der Waals surface area contributed by atoms with Gasteiger partial charge in [0.05, 0.1) is 67.1 Å². The fraction of sp³-hybridized carbons (Fsp3) is 0.897. The van der Waals surface area contributed by atoms with E-state index in [1.807, 2.05) is 0 Å². The quantitative estimate of drug-likeness (QED) is 0.271. The van der Waals surface area contributed by atoms with E-state index >= 15 is 0 Å². The zero-order chi connectivity index (χ0) is 36.0. The second kappa shape index (κ2) is 16.0. The first-order valence-corrected chi connectivity index (χ1v) is 19.7. The lowest BCUT2D eigenvalue weighted by atomic mass is 9.81. The van der Waals surface area contributed by atoms with Crippen LogP contribution in [0.2, 0.25) is 0 Å². The smallest absolute Gasteiger partial charge is 0.172 e. The van der Waals surface area contributed by atoms with Gasteiger partial charge in [-0.1, -0.05) is 25.7 Å². The van der Waals surface area contributed by atoms with Crippen LogP contribution in [0.4, 0.5) is 0 Å². The molecule has 8 fully saturated rings. The highest BCUT2D eigenvalue weighted by atomic mass is 16.8. The molecule has 0 radical (unpaired) electrons. The van der Waals surface area contributed by atoms with Crippen molar-refractivity contribution >= 4 is 0 Å². The van der Waals surface area contributed by atoms with Gasteiger partial charge in [0.1, 0.15) is 24.4 Å². The normalized spacial score (nSPS) is 50.5. The maximum atomic E-state index is 11.4. The van der Waals surface area contributed by atoms with Gasteiger partial charge in [0.25, 0.3) is 0 Å². The number of aliphatic hydroxyl groups is 4. The van der Waals surface area contributed by atoms with Crippen LogP contribution in [0.25, 0.3) is 0 Å². The summed E-state index contributed by atoms with van der Waals surface area (Å²) in [5, 5.41) is 44.4. The van der Waals surface area contributed by atoms with Crippen LogP contribution in [0, 0.1) is 11.8 Å². The molecule has 8 saturated heterocycles. The van der Waals surface area contributed by atoms with Crippen molar-refractivity contribution in [2.24, 2.45) is 17.6 Å². The molecule has 0 aromatic heterocycles. The summed E-state index contributed by atoms with van der Waals surface area (Å²) in [6.45, 7) is 10.9. The van der Waals surface area contributed by atoms with Crippen molar-refractivity contribution in [1.82, 2.24) is 0 Å². The molecule has 9 bridgehead atoms. The molecule has 6 N–H and O–H groups in total. The highest BCUT2D eigenvalue weighted by Gasteiger charge is 2.65. The summed E-state index contributed by atoms with van der Waals surface area (Å²) in [7, 11) is 1.60. The van der Waals surface area contributed by atoms with Gasteiger partial charge < -0.3 is 59.3 Å². The maximum Gasteiger partial charge on any atom is 0.172 e. The van der Waals surface area contributed by atoms with Crippen molar-refractivity contribution < 1.29 is 53.6 Å². The van der Waals surface area contributed by atoms with Crippen LogP contribution in [0.5, 0.6) is 0 Å². The van der Waals surface area contributed by atoms with E-state index in [1.54, 1.807) is 7.11 Å². The van der Waals surface area contributed by atoms with Gasteiger partial charge in [-0.2, -0.15) is 0 Å². The molecule has 8 heterocycles. The van der Waals surface area contributed by atoms with Crippen LogP contribution in [0.1, 0.15) is 96.8 Å². The molecule has 290 valence electrons. The lowest BCUT2D eigenvalue weighted by molar-refractivity contribution is -0.252. The summed E-state index contributed by atoms with van der Waals surface area (Å²) in [6, 6.07) is 0. The third-order valence-electron chi connectivity index (χ3n) is 13.1. The average molecular weight is 722 g/mol. The molecule has 18 atom stereocenters. The average Bonchev–Trinajstić information content (AvgIpc) is 3.67. The Morgan fingerprint density at radius 1 is 0.824 bits per heavy atom. The van der Waals surface area contributed by atoms with E-state index in [0.717, 1.165) is 36.8 Å². The van der Waals surface area contributed by atoms with Crippen LogP contribution in [0.15, 0.2) is 24.3 Å². The fourth-order valence-corrected chi connectivity index (χ4v) is 10.3. The molecule has 0 aliphatic carbocycles. The number of hydrogen-bond donors (Lipinski definition) is 5. The fourth-order valence-electron chi connectivity index (χ4n) is 10.3. The first-order chi connectivity index (χ1) is 24.5.